The Hall–Kier alpha value is -10.3. The number of likely N-dealkylation sites (tertiary alicyclic amines) is 3. The summed E-state index contributed by atoms with van der Waals surface area (Å²) in [7, 11) is 0. The Kier molecular flexibility index (Phi) is 34.7. The summed E-state index contributed by atoms with van der Waals surface area (Å²) in [6.07, 6.45) is 33.7. The highest BCUT2D eigenvalue weighted by Gasteiger charge is 2.46. The molecular weight excluding hydrogens is 1880 g/mol. The van der Waals surface area contributed by atoms with Crippen molar-refractivity contribution in [3.63, 3.8) is 0 Å². The number of pyridine rings is 4. The van der Waals surface area contributed by atoms with Gasteiger partial charge >= 0.3 is 11.6 Å². The molecule has 39 heteroatoms. The summed E-state index contributed by atoms with van der Waals surface area (Å²) >= 11 is 4.15. The number of carbonyl (C=O) groups excluding carboxylic acids is 8. The monoisotopic (exact) mass is 2010 g/mol. The Balaban J connectivity index is 0.000000147. The van der Waals surface area contributed by atoms with Crippen LogP contribution >= 0.6 is 45.3 Å². The lowest BCUT2D eigenvalue weighted by Crippen LogP contribution is -2.56. The van der Waals surface area contributed by atoms with Gasteiger partial charge in [0.15, 0.2) is 20.0 Å². The fourth-order valence-corrected chi connectivity index (χ4v) is 24.1. The number of nitrogens with one attached hydrogen (secondary N) is 8. The minimum atomic E-state index is -1.05. The van der Waals surface area contributed by atoms with Crippen molar-refractivity contribution in [2.75, 3.05) is 73.7 Å². The fourth-order valence-electron chi connectivity index (χ4n) is 19.9. The van der Waals surface area contributed by atoms with Crippen LogP contribution in [0.4, 0.5) is 23.3 Å². The van der Waals surface area contributed by atoms with Gasteiger partial charge in [0.1, 0.15) is 51.6 Å². The number of aryl methyl sites for hydroxylation is 4. The van der Waals surface area contributed by atoms with E-state index in [1.54, 1.807) is 46.3 Å². The molecule has 0 aromatic carbocycles. The number of fused-ring (bicyclic) bond motifs is 2. The molecule has 34 nitrogen and oxygen atoms in total. The quantitative estimate of drug-likeness (QED) is 0.0240. The van der Waals surface area contributed by atoms with Crippen molar-refractivity contribution in [2.45, 2.75) is 335 Å². The zero-order valence-electron chi connectivity index (χ0n) is 83.3. The van der Waals surface area contributed by atoms with Crippen LogP contribution in [0, 0.1) is 33.6 Å². The average molecular weight is 2020 g/mol. The van der Waals surface area contributed by atoms with Gasteiger partial charge in [-0.05, 0) is 265 Å². The van der Waals surface area contributed by atoms with Crippen LogP contribution in [0.3, 0.4) is 0 Å². The summed E-state index contributed by atoms with van der Waals surface area (Å²) in [5, 5.41) is 56.4. The zero-order valence-corrected chi connectivity index (χ0v) is 87.3. The molecule has 4 aliphatic carbocycles. The molecule has 756 valence electrons. The number of thiazole rings is 4. The van der Waals surface area contributed by atoms with E-state index in [1.165, 1.54) is 96.7 Å². The van der Waals surface area contributed by atoms with Crippen molar-refractivity contribution in [1.29, 1.82) is 0 Å². The maximum Gasteiger partial charge on any atom is 0.335 e. The predicted octanol–water partition coefficient (Wildman–Crippen LogP) is 15.3. The first-order valence-electron chi connectivity index (χ1n) is 49.6. The van der Waals surface area contributed by atoms with Crippen LogP contribution in [0.5, 0.6) is 0 Å². The standard InChI is InChI=1S/C26H35N5O3S.C26H35N5O2S.C25H33N5O4S.C24H35N5O3S.O2S/c1-15-12-20(29-16-6-4-5-7-16)27-13-19(15)22-21(25(33)31-17-8-9-18(31)11-10-17)30-24(35-22)23(32)28-14-26(2,3)34;1-15-11-19(12-15)29-24(32)25-30-22(26(33)31-10-6-7-17(31)3)23(34-25)20-14-27-21(13-16(20)2)28-18-8-4-5-9-18;1-15-10-19(28-17-7-3-4-8-17)26-11-18(15)21-20(24(32)30-9-5-6-16(30)2)29-23(35-21)22(31)27-12-25(33)13-34-14-25;1-14-11-17(28-23(3,4)5)25-12-16(14)19-18(22(31)29-10-8-9-15(29)2)27-21(33-19)20(30)26-13-24(6,7)32;1-3-2/h12-13,16-18,34H,4-11,14H2,1-3H3,(H,27,29)(H,28,32);13-15,17-19H,4-12H2,1-3H3,(H,27,28)(H,29,32);10-11,16-17,33H,3-9,12-14H2,1-2H3,(H,26,28)(H,27,31);11-12,15,32H,8-10,13H2,1-7H3,(H,25,28)(H,26,30);/t;15?,17-,19?;16-;15-;/m.000./s1. The van der Waals surface area contributed by atoms with Crippen LogP contribution < -0.4 is 42.5 Å². The zero-order chi connectivity index (χ0) is 100. The van der Waals surface area contributed by atoms with Gasteiger partial charge in [-0.1, -0.05) is 45.4 Å². The Morgan fingerprint density at radius 3 is 1.00 bits per heavy atom. The molecule has 8 amide bonds. The lowest BCUT2D eigenvalue weighted by molar-refractivity contribution is -0.173. The number of ether oxygens (including phenoxy) is 1. The van der Waals surface area contributed by atoms with Crippen LogP contribution in [-0.2, 0) is 16.3 Å². The van der Waals surface area contributed by atoms with Crippen LogP contribution in [-0.4, -0.2) is 260 Å². The third kappa shape index (κ3) is 26.6. The lowest BCUT2D eigenvalue weighted by atomic mass is 9.82. The van der Waals surface area contributed by atoms with Gasteiger partial charge in [0, 0.05) is 140 Å². The molecule has 6 aliphatic heterocycles. The Bertz CT molecular complexity index is 5810. The van der Waals surface area contributed by atoms with Gasteiger partial charge in [-0.2, -0.15) is 8.42 Å². The second-order valence-corrected chi connectivity index (χ2v) is 46.1. The van der Waals surface area contributed by atoms with Crippen LogP contribution in [0.2, 0.25) is 0 Å². The molecule has 0 spiro atoms. The summed E-state index contributed by atoms with van der Waals surface area (Å²) < 4.78 is 21.6. The fraction of sp³-hybridized carbons (Fsp3) is 0.604. The summed E-state index contributed by atoms with van der Waals surface area (Å²) in [4.78, 5) is 153. The predicted molar refractivity (Wildman–Crippen MR) is 547 cm³/mol. The number of anilines is 4. The molecule has 8 aromatic rings. The van der Waals surface area contributed by atoms with Crippen molar-refractivity contribution in [1.82, 2.24) is 80.7 Å². The molecule has 140 heavy (non-hydrogen) atoms. The van der Waals surface area contributed by atoms with E-state index in [-0.39, 0.29) is 131 Å². The topological polar surface area (TPSA) is 453 Å². The molecular formula is C101H138N20O14S5. The first kappa shape index (κ1) is 106. The van der Waals surface area contributed by atoms with Gasteiger partial charge in [0.2, 0.25) is 0 Å². The molecule has 10 aliphatic rings. The lowest BCUT2D eigenvalue weighted by Gasteiger charge is -2.36. The van der Waals surface area contributed by atoms with Crippen LogP contribution in [0.15, 0.2) is 49.1 Å². The van der Waals surface area contributed by atoms with E-state index >= 15 is 0 Å². The van der Waals surface area contributed by atoms with E-state index in [0.717, 1.165) is 182 Å². The number of nitrogens with zero attached hydrogens (tertiary/aromatic N) is 12. The summed E-state index contributed by atoms with van der Waals surface area (Å²) in [6.45, 7) is 31.8. The molecule has 6 saturated heterocycles. The van der Waals surface area contributed by atoms with Crippen molar-refractivity contribution in [3.8, 4) is 41.8 Å². The summed E-state index contributed by atoms with van der Waals surface area (Å²) in [5.41, 5.74) is 5.26. The maximum atomic E-state index is 13.7. The molecule has 14 heterocycles. The number of rotatable bonds is 26. The van der Waals surface area contributed by atoms with Crippen molar-refractivity contribution >= 4 is 127 Å². The Labute approximate surface area is 839 Å². The highest BCUT2D eigenvalue weighted by atomic mass is 32.1. The van der Waals surface area contributed by atoms with Crippen LogP contribution in [0.25, 0.3) is 41.8 Å². The third-order valence-corrected chi connectivity index (χ3v) is 32.0. The molecule has 4 saturated carbocycles. The molecule has 18 rings (SSSR count). The number of hydrogen-bond acceptors (Lipinski definition) is 30. The maximum absolute atomic E-state index is 13.7. The van der Waals surface area contributed by atoms with Crippen molar-refractivity contribution in [3.05, 3.63) is 114 Å². The smallest absolute Gasteiger partial charge is 0.335 e. The van der Waals surface area contributed by atoms with Gasteiger partial charge in [-0.15, -0.1) is 45.3 Å². The SMILES string of the molecule is Cc1cc(NC(C)(C)C)ncc1-c1sc(C(=O)NCC(C)(C)O)nc1C(=O)N1CCC[C@@H]1C.Cc1cc(NC2CCCC2)ncc1-c1sc(C(=O)NC2CC(C)C2)nc1C(=O)N1CCC[C@@H]1C.Cc1cc(NC2CCCC2)ncc1-c1sc(C(=O)NCC(C)(C)O)nc1C(=O)N1C2CCC1CC2.Cc1cc(NC2CCCC2)ncc1-c1sc(C(=O)NCC2(O)COC2)nc1C(=O)N1CCC[C@@H]1C.O=S=O. The largest absolute Gasteiger partial charge is 0.389 e. The van der Waals surface area contributed by atoms with Crippen LogP contribution in [0.1, 0.15) is 334 Å². The van der Waals surface area contributed by atoms with E-state index in [4.69, 9.17) is 13.2 Å². The molecule has 0 radical (unpaired) electrons. The van der Waals surface area contributed by atoms with Crippen molar-refractivity contribution in [2.24, 2.45) is 5.92 Å². The van der Waals surface area contributed by atoms with E-state index in [2.05, 4.69) is 123 Å². The number of carbonyl (C=O) groups is 8. The van der Waals surface area contributed by atoms with E-state index < -0.39 is 40.2 Å². The Morgan fingerprint density at radius 2 is 0.721 bits per heavy atom. The first-order chi connectivity index (χ1) is 66.6. The highest BCUT2D eigenvalue weighted by molar-refractivity contribution is 7.51. The van der Waals surface area contributed by atoms with Gasteiger partial charge in [-0.25, -0.2) is 39.9 Å². The van der Waals surface area contributed by atoms with Gasteiger partial charge in [0.05, 0.1) is 50.5 Å². The van der Waals surface area contributed by atoms with E-state index in [0.29, 0.717) is 73.9 Å². The summed E-state index contributed by atoms with van der Waals surface area (Å²) in [6, 6.07) is 10.6. The molecule has 2 bridgehead atoms. The van der Waals surface area contributed by atoms with E-state index in [9.17, 15) is 53.7 Å². The average Bonchev–Trinajstić information content (AvgIpc) is 1.60. The number of aromatic nitrogens is 8. The van der Waals surface area contributed by atoms with Gasteiger partial charge in [-0.3, -0.25) is 38.4 Å². The number of aliphatic hydroxyl groups is 3. The molecule has 3 atom stereocenters. The second-order valence-electron chi connectivity index (χ2n) is 41.9. The second kappa shape index (κ2) is 46.0. The summed E-state index contributed by atoms with van der Waals surface area (Å²) in [5.74, 6) is 2.08. The van der Waals surface area contributed by atoms with Gasteiger partial charge in [0.25, 0.3) is 47.3 Å². The van der Waals surface area contributed by atoms with Crippen molar-refractivity contribution < 1.29 is 66.8 Å². The molecule has 11 N–H and O–H groups in total. The minimum Gasteiger partial charge on any atom is -0.389 e. The highest BCUT2D eigenvalue weighted by Crippen LogP contribution is 2.45. The van der Waals surface area contributed by atoms with E-state index in [1.807, 2.05) is 85.5 Å². The number of hydrogen-bond donors (Lipinski definition) is 11. The first-order valence-corrected chi connectivity index (χ1v) is 53.6. The third-order valence-electron chi connectivity index (χ3n) is 27.7. The molecule has 8 aromatic heterocycles. The van der Waals surface area contributed by atoms with Gasteiger partial charge < -0.3 is 82.2 Å². The normalized spacial score (nSPS) is 21.0. The number of amides is 8. The molecule has 0 unspecified atom stereocenters. The minimum absolute atomic E-state index is 0.0787. The Morgan fingerprint density at radius 1 is 0.421 bits per heavy atom. The molecule has 10 fully saturated rings.